The largest absolute Gasteiger partial charge is 0.477 e. The number of carbonyl (C=O) groups excluding carboxylic acids is 3. The minimum Gasteiger partial charge on any atom is -0.477 e. The van der Waals surface area contributed by atoms with Gasteiger partial charge in [-0.3, -0.25) is 19.3 Å². The molecule has 1 saturated carbocycles. The maximum Gasteiger partial charge on any atom is 0.308 e. The van der Waals surface area contributed by atoms with Crippen LogP contribution in [0.25, 0.3) is 0 Å². The van der Waals surface area contributed by atoms with Crippen LogP contribution in [0, 0.1) is 6.92 Å². The first-order chi connectivity index (χ1) is 13.6. The summed E-state index contributed by atoms with van der Waals surface area (Å²) in [5, 5.41) is 0. The maximum atomic E-state index is 13.1. The molecule has 2 heterocycles. The van der Waals surface area contributed by atoms with Crippen molar-refractivity contribution in [2.75, 3.05) is 13.6 Å². The highest BCUT2D eigenvalue weighted by molar-refractivity contribution is 5.90. The number of ether oxygens (including phenoxy) is 3. The van der Waals surface area contributed by atoms with Crippen molar-refractivity contribution in [2.45, 2.75) is 70.1 Å². The molecule has 0 radical (unpaired) electrons. The van der Waals surface area contributed by atoms with E-state index < -0.39 is 23.1 Å². The average molecular weight is 401 g/mol. The van der Waals surface area contributed by atoms with E-state index in [2.05, 4.69) is 4.90 Å². The van der Waals surface area contributed by atoms with E-state index in [1.807, 2.05) is 27.0 Å². The Hall–Kier alpha value is -2.41. The van der Waals surface area contributed by atoms with Gasteiger partial charge < -0.3 is 14.2 Å². The molecule has 2 unspecified atom stereocenters. The first-order valence-electron chi connectivity index (χ1n) is 10.1. The lowest BCUT2D eigenvalue weighted by molar-refractivity contribution is -0.206. The lowest BCUT2D eigenvalue weighted by Gasteiger charge is -2.60. The Bertz CT molecular complexity index is 911. The summed E-state index contributed by atoms with van der Waals surface area (Å²) in [6.45, 7) is 7.47. The quantitative estimate of drug-likeness (QED) is 0.555. The molecule has 29 heavy (non-hydrogen) atoms. The molecule has 2 fully saturated rings. The number of benzene rings is 1. The van der Waals surface area contributed by atoms with Crippen LogP contribution in [-0.4, -0.2) is 54.0 Å². The van der Waals surface area contributed by atoms with Crippen LogP contribution in [0.3, 0.4) is 0 Å². The van der Waals surface area contributed by atoms with Crippen LogP contribution in [0.5, 0.6) is 11.5 Å². The van der Waals surface area contributed by atoms with E-state index in [0.717, 1.165) is 17.7 Å². The second-order valence-corrected chi connectivity index (χ2v) is 8.50. The molecule has 2 aliphatic heterocycles. The van der Waals surface area contributed by atoms with Gasteiger partial charge in [0.15, 0.2) is 23.4 Å². The summed E-state index contributed by atoms with van der Waals surface area (Å²) in [5.41, 5.74) is 0.0435. The zero-order valence-electron chi connectivity index (χ0n) is 17.5. The van der Waals surface area contributed by atoms with Crippen molar-refractivity contribution in [3.63, 3.8) is 0 Å². The second-order valence-electron chi connectivity index (χ2n) is 8.50. The first kappa shape index (κ1) is 19.9. The maximum absolute atomic E-state index is 13.1. The van der Waals surface area contributed by atoms with Crippen LogP contribution in [0.1, 0.15) is 51.2 Å². The molecule has 7 heteroatoms. The monoisotopic (exact) mass is 401 g/mol. The third-order valence-corrected chi connectivity index (χ3v) is 7.02. The zero-order chi connectivity index (χ0) is 21.1. The van der Waals surface area contributed by atoms with Crippen molar-refractivity contribution in [3.05, 3.63) is 23.3 Å². The molecule has 156 valence electrons. The number of hydrogen-bond acceptors (Lipinski definition) is 7. The number of Topliss-reactive ketones (excluding diaryl/α,β-unsaturated/α-hetero) is 1. The Morgan fingerprint density at radius 1 is 1.21 bits per heavy atom. The molecule has 4 rings (SSSR count). The van der Waals surface area contributed by atoms with Crippen LogP contribution < -0.4 is 9.47 Å². The van der Waals surface area contributed by atoms with E-state index in [1.165, 1.54) is 13.8 Å². The minimum absolute atomic E-state index is 0.00564. The zero-order valence-corrected chi connectivity index (χ0v) is 17.5. The molecule has 3 aliphatic rings. The number of likely N-dealkylation sites (tertiary alicyclic amines) is 1. The highest BCUT2D eigenvalue weighted by Gasteiger charge is 2.72. The van der Waals surface area contributed by atoms with Crippen molar-refractivity contribution in [3.8, 4) is 11.5 Å². The number of rotatable bonds is 2. The summed E-state index contributed by atoms with van der Waals surface area (Å²) in [6.07, 6.45) is 0.549. The Labute approximate surface area is 170 Å². The number of carbonyl (C=O) groups is 3. The number of likely N-dealkylation sites (N-methyl/N-ethyl adjacent to an activating group) is 1. The van der Waals surface area contributed by atoms with Gasteiger partial charge in [-0.2, -0.15) is 0 Å². The van der Waals surface area contributed by atoms with Crippen LogP contribution in [-0.2, 0) is 24.5 Å². The standard InChI is InChI=1S/C22H27NO6/c1-12-6-7-17(27-14(3)24)19-18(12)21-10-11-23(5)13(2)22(21,29-15(4)25)9-8-16(26)20(21)28-19/h6-7,13,20H,8-11H2,1-5H3/t13?,20?,21-,22+/m0/s1. The van der Waals surface area contributed by atoms with Gasteiger partial charge in [0.2, 0.25) is 0 Å². The molecule has 1 spiro atoms. The number of aryl methyl sites for hydroxylation is 1. The Morgan fingerprint density at radius 2 is 1.93 bits per heavy atom. The van der Waals surface area contributed by atoms with Crippen LogP contribution in [0.15, 0.2) is 12.1 Å². The molecule has 0 N–H and O–H groups in total. The fourth-order valence-electron chi connectivity index (χ4n) is 5.79. The van der Waals surface area contributed by atoms with Gasteiger partial charge in [-0.05, 0) is 51.9 Å². The third kappa shape index (κ3) is 2.56. The molecule has 1 saturated heterocycles. The number of hydrogen-bond donors (Lipinski definition) is 0. The average Bonchev–Trinajstić information content (AvgIpc) is 3.00. The summed E-state index contributed by atoms with van der Waals surface area (Å²) in [7, 11) is 2.01. The number of nitrogens with zero attached hydrogens (tertiary/aromatic N) is 1. The number of fused-ring (bicyclic) bond motifs is 1. The van der Waals surface area contributed by atoms with Gasteiger partial charge in [-0.15, -0.1) is 0 Å². The Kier molecular flexibility index (Phi) is 4.49. The molecular formula is C22H27NO6. The predicted octanol–water partition coefficient (Wildman–Crippen LogP) is 2.31. The summed E-state index contributed by atoms with van der Waals surface area (Å²) in [4.78, 5) is 39.1. The van der Waals surface area contributed by atoms with Crippen molar-refractivity contribution >= 4 is 17.7 Å². The van der Waals surface area contributed by atoms with Crippen molar-refractivity contribution in [1.29, 1.82) is 0 Å². The minimum atomic E-state index is -0.907. The SMILES string of the molecule is CC(=O)Oc1ccc(C)c2c1OC1C(=O)CC[C@@]3(OC(C)=O)C(C)N(C)CC[C@]213. The third-order valence-electron chi connectivity index (χ3n) is 7.02. The number of ketones is 1. The molecule has 0 amide bonds. The van der Waals surface area contributed by atoms with Crippen LogP contribution in [0.4, 0.5) is 0 Å². The van der Waals surface area contributed by atoms with Gasteiger partial charge in [0.25, 0.3) is 0 Å². The fourth-order valence-corrected chi connectivity index (χ4v) is 5.79. The van der Waals surface area contributed by atoms with Gasteiger partial charge in [0, 0.05) is 31.9 Å². The van der Waals surface area contributed by atoms with E-state index in [1.54, 1.807) is 6.07 Å². The second kappa shape index (κ2) is 6.55. The van der Waals surface area contributed by atoms with E-state index >= 15 is 0 Å². The van der Waals surface area contributed by atoms with Crippen molar-refractivity contribution in [2.24, 2.45) is 0 Å². The molecule has 0 bridgehead atoms. The fraction of sp³-hybridized carbons (Fsp3) is 0.591. The summed E-state index contributed by atoms with van der Waals surface area (Å²) < 4.78 is 17.8. The lowest BCUT2D eigenvalue weighted by Crippen LogP contribution is -2.74. The van der Waals surface area contributed by atoms with Crippen LogP contribution >= 0.6 is 0 Å². The van der Waals surface area contributed by atoms with E-state index in [4.69, 9.17) is 14.2 Å². The molecule has 7 nitrogen and oxygen atoms in total. The van der Waals surface area contributed by atoms with E-state index in [0.29, 0.717) is 24.3 Å². The van der Waals surface area contributed by atoms with Crippen LogP contribution in [0.2, 0.25) is 0 Å². The van der Waals surface area contributed by atoms with Crippen molar-refractivity contribution in [1.82, 2.24) is 4.90 Å². The van der Waals surface area contributed by atoms with E-state index in [9.17, 15) is 14.4 Å². The molecule has 1 aliphatic carbocycles. The molecular weight excluding hydrogens is 374 g/mol. The lowest BCUT2D eigenvalue weighted by atomic mass is 9.52. The molecule has 1 aromatic carbocycles. The number of piperidine rings is 1. The number of esters is 2. The topological polar surface area (TPSA) is 82.1 Å². The van der Waals surface area contributed by atoms with Gasteiger partial charge in [-0.25, -0.2) is 0 Å². The molecule has 4 atom stereocenters. The summed E-state index contributed by atoms with van der Waals surface area (Å²) in [6, 6.07) is 3.46. The van der Waals surface area contributed by atoms with Crippen molar-refractivity contribution < 1.29 is 28.6 Å². The highest BCUT2D eigenvalue weighted by Crippen LogP contribution is 2.63. The highest BCUT2D eigenvalue weighted by atomic mass is 16.6. The van der Waals surface area contributed by atoms with Gasteiger partial charge in [0.1, 0.15) is 5.60 Å². The normalized spacial score (nSPS) is 33.2. The van der Waals surface area contributed by atoms with Gasteiger partial charge in [0.05, 0.1) is 5.41 Å². The van der Waals surface area contributed by atoms with Gasteiger partial charge >= 0.3 is 11.9 Å². The summed E-state index contributed by atoms with van der Waals surface area (Å²) in [5.74, 6) is -0.108. The first-order valence-corrected chi connectivity index (χ1v) is 10.1. The summed E-state index contributed by atoms with van der Waals surface area (Å²) >= 11 is 0. The molecule has 0 aromatic heterocycles. The van der Waals surface area contributed by atoms with E-state index in [-0.39, 0.29) is 24.2 Å². The Morgan fingerprint density at radius 3 is 2.59 bits per heavy atom. The predicted molar refractivity (Wildman–Crippen MR) is 104 cm³/mol. The smallest absolute Gasteiger partial charge is 0.308 e. The Balaban J connectivity index is 2.02. The molecule has 1 aromatic rings. The van der Waals surface area contributed by atoms with Gasteiger partial charge in [-0.1, -0.05) is 6.07 Å².